The first-order chi connectivity index (χ1) is 10.2. The summed E-state index contributed by atoms with van der Waals surface area (Å²) in [7, 11) is 0. The molecule has 0 spiro atoms. The fourth-order valence-corrected chi connectivity index (χ4v) is 3.69. The second-order valence-corrected chi connectivity index (χ2v) is 7.14. The Labute approximate surface area is 127 Å². The topological polar surface area (TPSA) is 58.2 Å². The maximum atomic E-state index is 11.9. The minimum Gasteiger partial charge on any atom is -0.356 e. The van der Waals surface area contributed by atoms with E-state index in [1.54, 1.807) is 0 Å². The minimum absolute atomic E-state index is 0.166. The third kappa shape index (κ3) is 4.45. The van der Waals surface area contributed by atoms with E-state index >= 15 is 0 Å². The lowest BCUT2D eigenvalue weighted by molar-refractivity contribution is -0.123. The van der Waals surface area contributed by atoms with Crippen LogP contribution in [-0.4, -0.2) is 24.4 Å². The van der Waals surface area contributed by atoms with Crippen LogP contribution in [-0.2, 0) is 9.59 Å². The molecule has 3 aliphatic rings. The summed E-state index contributed by atoms with van der Waals surface area (Å²) in [5.74, 6) is 2.22. The van der Waals surface area contributed by atoms with Gasteiger partial charge < -0.3 is 10.6 Å². The third-order valence-corrected chi connectivity index (χ3v) is 5.27. The highest BCUT2D eigenvalue weighted by atomic mass is 16.2. The van der Waals surface area contributed by atoms with Gasteiger partial charge in [-0.1, -0.05) is 32.1 Å². The second kappa shape index (κ2) is 6.80. The van der Waals surface area contributed by atoms with Crippen LogP contribution in [0.25, 0.3) is 0 Å². The van der Waals surface area contributed by atoms with Crippen LogP contribution in [0.3, 0.4) is 0 Å². The smallest absolute Gasteiger partial charge is 0.223 e. The lowest BCUT2D eigenvalue weighted by Gasteiger charge is -2.21. The van der Waals surface area contributed by atoms with Gasteiger partial charge in [0.25, 0.3) is 0 Å². The van der Waals surface area contributed by atoms with Crippen LogP contribution >= 0.6 is 0 Å². The van der Waals surface area contributed by atoms with Gasteiger partial charge in [0.1, 0.15) is 0 Å². The van der Waals surface area contributed by atoms with E-state index in [4.69, 9.17) is 0 Å². The van der Waals surface area contributed by atoms with Gasteiger partial charge in [-0.25, -0.2) is 0 Å². The first-order valence-electron chi connectivity index (χ1n) is 8.81. The van der Waals surface area contributed by atoms with Crippen LogP contribution in [0.2, 0.25) is 0 Å². The van der Waals surface area contributed by atoms with Crippen molar-refractivity contribution in [3.63, 3.8) is 0 Å². The zero-order chi connectivity index (χ0) is 14.7. The largest absolute Gasteiger partial charge is 0.356 e. The summed E-state index contributed by atoms with van der Waals surface area (Å²) in [6, 6.07) is 0.446. The second-order valence-electron chi connectivity index (χ2n) is 7.14. The van der Waals surface area contributed by atoms with Crippen molar-refractivity contribution >= 4 is 11.8 Å². The van der Waals surface area contributed by atoms with Crippen molar-refractivity contribution < 1.29 is 9.59 Å². The molecule has 2 N–H and O–H groups in total. The fourth-order valence-electron chi connectivity index (χ4n) is 3.69. The standard InChI is InChI=1S/C17H28N2O2/c20-16(7-4-10-18-17(21)13-8-9-13)19-15-11-14(15)12-5-2-1-3-6-12/h12-15H,1-11H2,(H,18,21)(H,19,20)/t14-,15+/m0/s1. The molecule has 0 aromatic carbocycles. The Morgan fingerprint density at radius 1 is 1.00 bits per heavy atom. The molecule has 3 rings (SSSR count). The lowest BCUT2D eigenvalue weighted by Crippen LogP contribution is -2.30. The molecular formula is C17H28N2O2. The number of rotatable bonds is 7. The molecule has 0 aromatic heterocycles. The molecule has 21 heavy (non-hydrogen) atoms. The van der Waals surface area contributed by atoms with Gasteiger partial charge in [-0.3, -0.25) is 9.59 Å². The first kappa shape index (κ1) is 14.9. The maximum Gasteiger partial charge on any atom is 0.223 e. The van der Waals surface area contributed by atoms with E-state index < -0.39 is 0 Å². The van der Waals surface area contributed by atoms with Gasteiger partial charge in [0, 0.05) is 24.9 Å². The number of nitrogens with one attached hydrogen (secondary N) is 2. The summed E-state index contributed by atoms with van der Waals surface area (Å²) < 4.78 is 0. The first-order valence-corrected chi connectivity index (χ1v) is 8.81. The number of carbonyl (C=O) groups excluding carboxylic acids is 2. The SMILES string of the molecule is O=C(CCCNC(=O)C1CC1)N[C@@H]1C[C@H]1C1CCCCC1. The quantitative estimate of drug-likeness (QED) is 0.708. The molecule has 4 nitrogen and oxygen atoms in total. The molecule has 118 valence electrons. The van der Waals surface area contributed by atoms with Gasteiger partial charge in [-0.15, -0.1) is 0 Å². The van der Waals surface area contributed by atoms with Crippen LogP contribution < -0.4 is 10.6 Å². The van der Waals surface area contributed by atoms with Crippen molar-refractivity contribution in [1.82, 2.24) is 10.6 Å². The molecule has 0 aliphatic heterocycles. The van der Waals surface area contributed by atoms with Gasteiger partial charge in [0.15, 0.2) is 0 Å². The van der Waals surface area contributed by atoms with Crippen LogP contribution in [0, 0.1) is 17.8 Å². The molecule has 0 radical (unpaired) electrons. The van der Waals surface area contributed by atoms with E-state index in [2.05, 4.69) is 10.6 Å². The molecule has 4 heteroatoms. The molecular weight excluding hydrogens is 264 g/mol. The summed E-state index contributed by atoms with van der Waals surface area (Å²) in [5, 5.41) is 6.08. The number of hydrogen-bond acceptors (Lipinski definition) is 2. The van der Waals surface area contributed by atoms with Crippen LogP contribution in [0.1, 0.15) is 64.2 Å². The third-order valence-electron chi connectivity index (χ3n) is 5.27. The van der Waals surface area contributed by atoms with E-state index in [-0.39, 0.29) is 17.7 Å². The predicted octanol–water partition coefficient (Wildman–Crippen LogP) is 2.38. The number of carbonyl (C=O) groups is 2. The number of hydrogen-bond donors (Lipinski definition) is 2. The Kier molecular flexibility index (Phi) is 4.81. The molecule has 0 bridgehead atoms. The Balaban J connectivity index is 1.24. The van der Waals surface area contributed by atoms with Crippen LogP contribution in [0.4, 0.5) is 0 Å². The average molecular weight is 292 g/mol. The Bertz CT molecular complexity index is 386. The van der Waals surface area contributed by atoms with E-state index in [9.17, 15) is 9.59 Å². The summed E-state index contributed by atoms with van der Waals surface area (Å²) in [4.78, 5) is 23.3. The van der Waals surface area contributed by atoms with E-state index in [0.717, 1.165) is 31.1 Å². The number of amides is 2. The highest BCUT2D eigenvalue weighted by molar-refractivity contribution is 5.81. The van der Waals surface area contributed by atoms with Crippen LogP contribution in [0.15, 0.2) is 0 Å². The van der Waals surface area contributed by atoms with Gasteiger partial charge in [-0.2, -0.15) is 0 Å². The summed E-state index contributed by atoms with van der Waals surface area (Å²) in [6.07, 6.45) is 11.4. The van der Waals surface area contributed by atoms with Gasteiger partial charge in [0.2, 0.25) is 11.8 Å². The fraction of sp³-hybridized carbons (Fsp3) is 0.882. The molecule has 0 heterocycles. The van der Waals surface area contributed by atoms with Crippen molar-refractivity contribution in [2.45, 2.75) is 70.3 Å². The van der Waals surface area contributed by atoms with Gasteiger partial charge in [-0.05, 0) is 37.5 Å². The van der Waals surface area contributed by atoms with Crippen molar-refractivity contribution in [1.29, 1.82) is 0 Å². The molecule has 2 amide bonds. The average Bonchev–Trinajstić information content (AvgIpc) is 3.37. The summed E-state index contributed by atoms with van der Waals surface area (Å²) in [5.41, 5.74) is 0. The Hall–Kier alpha value is -1.06. The summed E-state index contributed by atoms with van der Waals surface area (Å²) >= 11 is 0. The molecule has 3 aliphatic carbocycles. The van der Waals surface area contributed by atoms with Crippen LogP contribution in [0.5, 0.6) is 0 Å². The Morgan fingerprint density at radius 2 is 1.76 bits per heavy atom. The van der Waals surface area contributed by atoms with Crippen molar-refractivity contribution in [3.05, 3.63) is 0 Å². The van der Waals surface area contributed by atoms with Gasteiger partial charge in [0.05, 0.1) is 0 Å². The zero-order valence-electron chi connectivity index (χ0n) is 12.9. The Morgan fingerprint density at radius 3 is 2.48 bits per heavy atom. The normalized spacial score (nSPS) is 29.0. The predicted molar refractivity (Wildman–Crippen MR) is 81.6 cm³/mol. The zero-order valence-corrected chi connectivity index (χ0v) is 12.9. The lowest BCUT2D eigenvalue weighted by atomic mass is 9.85. The molecule has 0 unspecified atom stereocenters. The molecule has 3 fully saturated rings. The van der Waals surface area contributed by atoms with Gasteiger partial charge >= 0.3 is 0 Å². The molecule has 0 aromatic rings. The van der Waals surface area contributed by atoms with Crippen molar-refractivity contribution in [2.24, 2.45) is 17.8 Å². The molecule has 3 saturated carbocycles. The van der Waals surface area contributed by atoms with E-state index in [1.165, 1.54) is 38.5 Å². The summed E-state index contributed by atoms with van der Waals surface area (Å²) in [6.45, 7) is 0.638. The monoisotopic (exact) mass is 292 g/mol. The highest BCUT2D eigenvalue weighted by Crippen LogP contribution is 2.44. The molecule has 0 saturated heterocycles. The molecule has 2 atom stereocenters. The highest BCUT2D eigenvalue weighted by Gasteiger charge is 2.43. The van der Waals surface area contributed by atoms with Crippen molar-refractivity contribution in [3.8, 4) is 0 Å². The van der Waals surface area contributed by atoms with E-state index in [0.29, 0.717) is 19.0 Å². The van der Waals surface area contributed by atoms with E-state index in [1.807, 2.05) is 0 Å². The minimum atomic E-state index is 0.166. The maximum absolute atomic E-state index is 11.9. The van der Waals surface area contributed by atoms with Crippen molar-refractivity contribution in [2.75, 3.05) is 6.54 Å².